The molecule has 174 valence electrons. The third-order valence-corrected chi connectivity index (χ3v) is 4.80. The van der Waals surface area contributed by atoms with Gasteiger partial charge in [-0.15, -0.1) is 0 Å². The third kappa shape index (κ3) is 4.24. The van der Waals surface area contributed by atoms with E-state index in [1.807, 2.05) is 0 Å². The molecule has 1 unspecified atom stereocenters. The maximum absolute atomic E-state index is 14.2. The summed E-state index contributed by atoms with van der Waals surface area (Å²) in [5, 5.41) is 0. The fourth-order valence-corrected chi connectivity index (χ4v) is 2.65. The van der Waals surface area contributed by atoms with Crippen molar-refractivity contribution in [3.63, 3.8) is 0 Å². The molecule has 0 amide bonds. The average Bonchev–Trinajstić information content (AvgIpc) is 2.59. The van der Waals surface area contributed by atoms with E-state index >= 15 is 0 Å². The summed E-state index contributed by atoms with van der Waals surface area (Å²) in [6, 6.07) is 5.19. The Morgan fingerprint density at radius 2 is 1.17 bits per heavy atom. The molecule has 0 saturated heterocycles. The number of methoxy groups -OCH3 is 1. The molecule has 1 aromatic rings. The lowest BCUT2D eigenvalue weighted by atomic mass is 9.84. The molecule has 0 spiro atoms. The summed E-state index contributed by atoms with van der Waals surface area (Å²) in [6.07, 6.45) is -9.48. The van der Waals surface area contributed by atoms with Crippen LogP contribution >= 0.6 is 0 Å². The summed E-state index contributed by atoms with van der Waals surface area (Å²) < 4.78 is 150. The van der Waals surface area contributed by atoms with Crippen molar-refractivity contribution in [1.29, 1.82) is 0 Å². The van der Waals surface area contributed by atoms with Gasteiger partial charge in [-0.3, -0.25) is 0 Å². The van der Waals surface area contributed by atoms with Crippen molar-refractivity contribution in [1.82, 2.24) is 0 Å². The van der Waals surface area contributed by atoms with Crippen LogP contribution in [0.2, 0.25) is 0 Å². The molecule has 0 bridgehead atoms. The Bertz CT molecular complexity index is 723. The van der Waals surface area contributed by atoms with Crippen LogP contribution in [-0.2, 0) is 10.3 Å². The van der Waals surface area contributed by atoms with Gasteiger partial charge in [0.15, 0.2) is 0 Å². The highest BCUT2D eigenvalue weighted by atomic mass is 19.4. The predicted octanol–water partition coefficient (Wildman–Crippen LogP) is 7.17. The summed E-state index contributed by atoms with van der Waals surface area (Å²) in [5.74, 6) is -27.9. The topological polar surface area (TPSA) is 9.23 Å². The van der Waals surface area contributed by atoms with Crippen LogP contribution in [0.3, 0.4) is 0 Å². The number of benzene rings is 1. The molecular formula is C18H19F11O. The van der Waals surface area contributed by atoms with Crippen LogP contribution in [0.4, 0.5) is 48.3 Å². The summed E-state index contributed by atoms with van der Waals surface area (Å²) in [5.41, 5.74) is -1.91. The quantitative estimate of drug-likeness (QED) is 0.374. The van der Waals surface area contributed by atoms with Crippen molar-refractivity contribution in [2.75, 3.05) is 7.11 Å². The normalized spacial score (nSPS) is 16.7. The van der Waals surface area contributed by atoms with Crippen LogP contribution in [0.15, 0.2) is 24.3 Å². The van der Waals surface area contributed by atoms with Gasteiger partial charge in [-0.1, -0.05) is 38.1 Å². The van der Waals surface area contributed by atoms with E-state index in [-0.39, 0.29) is 11.5 Å². The van der Waals surface area contributed by atoms with E-state index in [4.69, 9.17) is 4.74 Å². The molecule has 0 radical (unpaired) electrons. The van der Waals surface area contributed by atoms with Crippen LogP contribution in [0.5, 0.6) is 0 Å². The second kappa shape index (κ2) is 7.83. The Kier molecular flexibility index (Phi) is 6.90. The van der Waals surface area contributed by atoms with E-state index in [1.54, 1.807) is 13.8 Å². The average molecular weight is 460 g/mol. The maximum Gasteiger partial charge on any atom is 0.460 e. The van der Waals surface area contributed by atoms with Gasteiger partial charge in [0, 0.05) is 7.11 Å². The minimum absolute atomic E-state index is 0.0121. The smallest absolute Gasteiger partial charge is 0.374 e. The van der Waals surface area contributed by atoms with Crippen molar-refractivity contribution in [3.8, 4) is 0 Å². The first-order valence-electron chi connectivity index (χ1n) is 8.41. The first-order chi connectivity index (χ1) is 13.2. The highest BCUT2D eigenvalue weighted by Crippen LogP contribution is 2.59. The lowest BCUT2D eigenvalue weighted by Crippen LogP contribution is -2.67. The molecule has 0 heterocycles. The van der Waals surface area contributed by atoms with Gasteiger partial charge < -0.3 is 4.74 Å². The largest absolute Gasteiger partial charge is 0.460 e. The maximum atomic E-state index is 14.2. The number of alkyl halides is 11. The lowest BCUT2D eigenvalue weighted by molar-refractivity contribution is -0.424. The molecule has 0 aliphatic heterocycles. The zero-order valence-corrected chi connectivity index (χ0v) is 16.2. The second-order valence-corrected chi connectivity index (χ2v) is 7.31. The van der Waals surface area contributed by atoms with Crippen LogP contribution in [0, 0.1) is 0 Å². The van der Waals surface area contributed by atoms with Crippen molar-refractivity contribution in [3.05, 3.63) is 35.4 Å². The van der Waals surface area contributed by atoms with Crippen molar-refractivity contribution >= 4 is 0 Å². The molecule has 0 aromatic heterocycles. The fraction of sp³-hybridized carbons (Fsp3) is 0.667. The second-order valence-electron chi connectivity index (χ2n) is 7.31. The van der Waals surface area contributed by atoms with Gasteiger partial charge >= 0.3 is 29.9 Å². The number of hydrogen-bond acceptors (Lipinski definition) is 1. The van der Waals surface area contributed by atoms with E-state index in [9.17, 15) is 48.3 Å². The van der Waals surface area contributed by atoms with E-state index in [0.717, 1.165) is 14.0 Å². The van der Waals surface area contributed by atoms with Crippen molar-refractivity contribution < 1.29 is 53.0 Å². The molecule has 1 atom stereocenters. The first kappa shape index (κ1) is 26.4. The van der Waals surface area contributed by atoms with Crippen molar-refractivity contribution in [2.45, 2.75) is 68.6 Å². The first-order valence-corrected chi connectivity index (χ1v) is 8.41. The Morgan fingerprint density at radius 1 is 0.733 bits per heavy atom. The van der Waals surface area contributed by atoms with E-state index in [2.05, 4.69) is 0 Å². The van der Waals surface area contributed by atoms with Gasteiger partial charge in [-0.05, 0) is 24.0 Å². The Hall–Kier alpha value is -1.59. The highest BCUT2D eigenvalue weighted by molar-refractivity contribution is 5.29. The highest BCUT2D eigenvalue weighted by Gasteiger charge is 2.87. The van der Waals surface area contributed by atoms with Gasteiger partial charge in [0.25, 0.3) is 0 Å². The molecule has 0 N–H and O–H groups in total. The zero-order chi connectivity index (χ0) is 24.0. The Balaban J connectivity index is 3.40. The van der Waals surface area contributed by atoms with E-state index < -0.39 is 41.9 Å². The van der Waals surface area contributed by atoms with Gasteiger partial charge in [0.05, 0.1) is 12.0 Å². The molecule has 1 rings (SSSR count). The molecule has 1 aromatic carbocycles. The lowest BCUT2D eigenvalue weighted by Gasteiger charge is -2.40. The Morgan fingerprint density at radius 3 is 1.50 bits per heavy atom. The SMILES string of the molecule is COC(C)(CC(F)(F)C(F)(F)C(F)(F)C(F)(F)C(F)(F)F)c1ccc(C(C)C)cc1. The minimum Gasteiger partial charge on any atom is -0.374 e. The van der Waals surface area contributed by atoms with Crippen LogP contribution in [-0.4, -0.2) is 37.0 Å². The molecule has 30 heavy (non-hydrogen) atoms. The number of halogens is 11. The molecule has 0 aliphatic rings. The summed E-state index contributed by atoms with van der Waals surface area (Å²) >= 11 is 0. The predicted molar refractivity (Wildman–Crippen MR) is 85.4 cm³/mol. The zero-order valence-electron chi connectivity index (χ0n) is 16.2. The third-order valence-electron chi connectivity index (χ3n) is 4.80. The standard InChI is InChI=1S/C18H19F11O/c1-10(2)11-5-7-12(8-6-11)13(3,30-4)9-14(19,20)15(21,22)16(23,24)17(25,26)18(27,28)29/h5-8,10H,9H2,1-4H3. The number of rotatable bonds is 8. The molecule has 0 aliphatic carbocycles. The van der Waals surface area contributed by atoms with Gasteiger partial charge in [-0.25, -0.2) is 0 Å². The fourth-order valence-electron chi connectivity index (χ4n) is 2.65. The minimum atomic E-state index is -7.43. The summed E-state index contributed by atoms with van der Waals surface area (Å²) in [7, 11) is 0.771. The molecule has 12 heteroatoms. The van der Waals surface area contributed by atoms with Crippen molar-refractivity contribution in [2.24, 2.45) is 0 Å². The van der Waals surface area contributed by atoms with Crippen LogP contribution in [0.1, 0.15) is 44.2 Å². The Labute approximate surface area is 165 Å². The molecular weight excluding hydrogens is 441 g/mol. The van der Waals surface area contributed by atoms with Gasteiger partial charge in [0.2, 0.25) is 0 Å². The van der Waals surface area contributed by atoms with Gasteiger partial charge in [-0.2, -0.15) is 48.3 Å². The van der Waals surface area contributed by atoms with Gasteiger partial charge in [0.1, 0.15) is 0 Å². The number of ether oxygens (including phenoxy) is 1. The van der Waals surface area contributed by atoms with E-state index in [0.29, 0.717) is 5.56 Å². The summed E-state index contributed by atoms with van der Waals surface area (Å²) in [4.78, 5) is 0. The molecule has 1 nitrogen and oxygen atoms in total. The number of hydrogen-bond donors (Lipinski definition) is 0. The van der Waals surface area contributed by atoms with E-state index in [1.165, 1.54) is 24.3 Å². The molecule has 0 fully saturated rings. The van der Waals surface area contributed by atoms with Crippen LogP contribution < -0.4 is 0 Å². The molecule has 0 saturated carbocycles. The van der Waals surface area contributed by atoms with Crippen LogP contribution in [0.25, 0.3) is 0 Å². The summed E-state index contributed by atoms with van der Waals surface area (Å²) in [6.45, 7) is 4.35. The monoisotopic (exact) mass is 460 g/mol.